The van der Waals surface area contributed by atoms with Crippen molar-refractivity contribution in [3.8, 4) is 0 Å². The van der Waals surface area contributed by atoms with Gasteiger partial charge in [0, 0.05) is 12.1 Å². The fourth-order valence-corrected chi connectivity index (χ4v) is 2.78. The van der Waals surface area contributed by atoms with E-state index in [4.69, 9.17) is 4.74 Å². The number of hydrogen-bond acceptors (Lipinski definition) is 3. The Morgan fingerprint density at radius 3 is 2.76 bits per heavy atom. The van der Waals surface area contributed by atoms with Gasteiger partial charge >= 0.3 is 6.09 Å². The first kappa shape index (κ1) is 14.3. The number of nitrogens with zero attached hydrogens (tertiary/aromatic N) is 1. The molecule has 0 aromatic rings. The summed E-state index contributed by atoms with van der Waals surface area (Å²) in [6.07, 6.45) is 4.54. The minimum absolute atomic E-state index is 0.102. The average Bonchev–Trinajstić information content (AvgIpc) is 2.27. The molecule has 4 nitrogen and oxygen atoms in total. The molecule has 0 saturated heterocycles. The second-order valence-electron chi connectivity index (χ2n) is 5.39. The van der Waals surface area contributed by atoms with E-state index in [0.717, 1.165) is 18.8 Å². The van der Waals surface area contributed by atoms with Gasteiger partial charge in [-0.05, 0) is 39.8 Å². The van der Waals surface area contributed by atoms with Gasteiger partial charge in [-0.3, -0.25) is 0 Å². The van der Waals surface area contributed by atoms with E-state index in [2.05, 4.69) is 31.2 Å². The Morgan fingerprint density at radius 2 is 2.24 bits per heavy atom. The lowest BCUT2D eigenvalue weighted by Gasteiger charge is -2.45. The van der Waals surface area contributed by atoms with Crippen molar-refractivity contribution >= 4 is 6.09 Å². The van der Waals surface area contributed by atoms with Crippen molar-refractivity contribution in [2.75, 3.05) is 27.2 Å². The fraction of sp³-hybridized carbons (Fsp3) is 0.923. The zero-order valence-corrected chi connectivity index (χ0v) is 11.6. The first-order valence-corrected chi connectivity index (χ1v) is 6.58. The highest BCUT2D eigenvalue weighted by Gasteiger charge is 2.37. The van der Waals surface area contributed by atoms with Gasteiger partial charge in [0.05, 0.1) is 6.61 Å². The highest BCUT2D eigenvalue weighted by Crippen LogP contribution is 2.35. The summed E-state index contributed by atoms with van der Waals surface area (Å²) in [5, 5.41) is 2.89. The Hall–Kier alpha value is -0.770. The fourth-order valence-electron chi connectivity index (χ4n) is 2.78. The first-order chi connectivity index (χ1) is 8.00. The van der Waals surface area contributed by atoms with Crippen molar-refractivity contribution in [1.29, 1.82) is 0 Å². The van der Waals surface area contributed by atoms with Crippen LogP contribution in [-0.2, 0) is 4.74 Å². The molecular formula is C13H26N2O2. The lowest BCUT2D eigenvalue weighted by atomic mass is 9.75. The molecule has 0 aromatic heterocycles. The molecule has 0 radical (unpaired) electrons. The zero-order chi connectivity index (χ0) is 12.9. The number of alkyl carbamates (subject to hydrolysis) is 1. The standard InChI is InChI=1S/C13H26N2O2/c1-5-17-12(16)14-10-13(15(3)4)8-6-7-11(2)9-13/h11H,5-10H2,1-4H3,(H,14,16). The quantitative estimate of drug-likeness (QED) is 0.822. The molecule has 0 aromatic carbocycles. The topological polar surface area (TPSA) is 41.6 Å². The van der Waals surface area contributed by atoms with E-state index in [9.17, 15) is 4.79 Å². The van der Waals surface area contributed by atoms with Gasteiger partial charge in [-0.15, -0.1) is 0 Å². The van der Waals surface area contributed by atoms with Gasteiger partial charge in [-0.25, -0.2) is 4.79 Å². The molecule has 1 aliphatic carbocycles. The van der Waals surface area contributed by atoms with Gasteiger partial charge in [-0.1, -0.05) is 19.8 Å². The van der Waals surface area contributed by atoms with E-state index in [1.165, 1.54) is 12.8 Å². The summed E-state index contributed by atoms with van der Waals surface area (Å²) in [5.41, 5.74) is 0.102. The molecule has 0 bridgehead atoms. The maximum atomic E-state index is 11.4. The molecule has 1 N–H and O–H groups in total. The van der Waals surface area contributed by atoms with Gasteiger partial charge < -0.3 is 15.0 Å². The van der Waals surface area contributed by atoms with Gasteiger partial charge in [0.1, 0.15) is 0 Å². The normalized spacial score (nSPS) is 29.1. The lowest BCUT2D eigenvalue weighted by Crippen LogP contribution is -2.55. The van der Waals surface area contributed by atoms with Crippen molar-refractivity contribution in [2.45, 2.75) is 45.1 Å². The van der Waals surface area contributed by atoms with Crippen LogP contribution in [0.3, 0.4) is 0 Å². The Bertz CT molecular complexity index is 256. The van der Waals surface area contributed by atoms with E-state index in [1.54, 1.807) is 0 Å². The Kier molecular flexibility index (Phi) is 5.25. The molecule has 1 rings (SSSR count). The van der Waals surface area contributed by atoms with Crippen LogP contribution in [0.1, 0.15) is 39.5 Å². The Labute approximate surface area is 105 Å². The van der Waals surface area contributed by atoms with Gasteiger partial charge in [0.2, 0.25) is 0 Å². The third-order valence-corrected chi connectivity index (χ3v) is 3.85. The van der Waals surface area contributed by atoms with E-state index >= 15 is 0 Å². The van der Waals surface area contributed by atoms with Crippen molar-refractivity contribution in [2.24, 2.45) is 5.92 Å². The number of carbonyl (C=O) groups excluding carboxylic acids is 1. The van der Waals surface area contributed by atoms with E-state index in [-0.39, 0.29) is 11.6 Å². The van der Waals surface area contributed by atoms with Crippen molar-refractivity contribution in [3.05, 3.63) is 0 Å². The van der Waals surface area contributed by atoms with Gasteiger partial charge in [-0.2, -0.15) is 0 Å². The van der Waals surface area contributed by atoms with Crippen LogP contribution >= 0.6 is 0 Å². The third kappa shape index (κ3) is 3.87. The van der Waals surface area contributed by atoms with Gasteiger partial charge in [0.25, 0.3) is 0 Å². The number of amides is 1. The number of ether oxygens (including phenoxy) is 1. The summed E-state index contributed by atoms with van der Waals surface area (Å²) in [6.45, 7) is 5.23. The summed E-state index contributed by atoms with van der Waals surface area (Å²) >= 11 is 0. The third-order valence-electron chi connectivity index (χ3n) is 3.85. The molecule has 1 aliphatic rings. The minimum atomic E-state index is -0.299. The Morgan fingerprint density at radius 1 is 1.53 bits per heavy atom. The van der Waals surface area contributed by atoms with Crippen LogP contribution < -0.4 is 5.32 Å². The SMILES string of the molecule is CCOC(=O)NCC1(N(C)C)CCCC(C)C1. The second-order valence-corrected chi connectivity index (χ2v) is 5.39. The number of carbonyl (C=O) groups is 1. The summed E-state index contributed by atoms with van der Waals surface area (Å²) in [5.74, 6) is 0.732. The number of hydrogen-bond donors (Lipinski definition) is 1. The molecule has 100 valence electrons. The van der Waals surface area contributed by atoms with E-state index in [0.29, 0.717) is 13.2 Å². The van der Waals surface area contributed by atoms with Gasteiger partial charge in [0.15, 0.2) is 0 Å². The molecule has 0 heterocycles. The monoisotopic (exact) mass is 242 g/mol. The minimum Gasteiger partial charge on any atom is -0.450 e. The van der Waals surface area contributed by atoms with Crippen molar-refractivity contribution < 1.29 is 9.53 Å². The number of likely N-dealkylation sites (N-methyl/N-ethyl adjacent to an activating group) is 1. The Balaban J connectivity index is 2.56. The molecule has 0 spiro atoms. The highest BCUT2D eigenvalue weighted by molar-refractivity contribution is 5.67. The zero-order valence-electron chi connectivity index (χ0n) is 11.6. The van der Waals surface area contributed by atoms with Crippen LogP contribution in [0, 0.1) is 5.92 Å². The summed E-state index contributed by atoms with van der Waals surface area (Å²) < 4.78 is 4.92. The predicted molar refractivity (Wildman–Crippen MR) is 69.1 cm³/mol. The molecule has 4 heteroatoms. The average molecular weight is 242 g/mol. The molecule has 17 heavy (non-hydrogen) atoms. The van der Waals surface area contributed by atoms with Crippen LogP contribution in [0.4, 0.5) is 4.79 Å². The van der Waals surface area contributed by atoms with Crippen LogP contribution in [0.25, 0.3) is 0 Å². The summed E-state index contributed by atoms with van der Waals surface area (Å²) in [6, 6.07) is 0. The van der Waals surface area contributed by atoms with Crippen LogP contribution in [0.5, 0.6) is 0 Å². The van der Waals surface area contributed by atoms with E-state index < -0.39 is 0 Å². The van der Waals surface area contributed by atoms with Crippen LogP contribution in [-0.4, -0.2) is 43.8 Å². The molecule has 2 unspecified atom stereocenters. The maximum Gasteiger partial charge on any atom is 0.407 e. The second kappa shape index (κ2) is 6.24. The highest BCUT2D eigenvalue weighted by atomic mass is 16.5. The van der Waals surface area contributed by atoms with E-state index in [1.807, 2.05) is 6.92 Å². The molecule has 2 atom stereocenters. The molecular weight excluding hydrogens is 216 g/mol. The number of rotatable bonds is 4. The van der Waals surface area contributed by atoms with Crippen molar-refractivity contribution in [3.63, 3.8) is 0 Å². The van der Waals surface area contributed by atoms with Crippen LogP contribution in [0.2, 0.25) is 0 Å². The smallest absolute Gasteiger partial charge is 0.407 e. The van der Waals surface area contributed by atoms with Crippen molar-refractivity contribution in [1.82, 2.24) is 10.2 Å². The lowest BCUT2D eigenvalue weighted by molar-refractivity contribution is 0.0714. The largest absolute Gasteiger partial charge is 0.450 e. The molecule has 1 amide bonds. The summed E-state index contributed by atoms with van der Waals surface area (Å²) in [4.78, 5) is 13.6. The number of nitrogens with one attached hydrogen (secondary N) is 1. The summed E-state index contributed by atoms with van der Waals surface area (Å²) in [7, 11) is 4.20. The maximum absolute atomic E-state index is 11.4. The molecule has 1 saturated carbocycles. The first-order valence-electron chi connectivity index (χ1n) is 6.58. The predicted octanol–water partition coefficient (Wildman–Crippen LogP) is 2.24. The van der Waals surface area contributed by atoms with Crippen LogP contribution in [0.15, 0.2) is 0 Å². The molecule has 1 fully saturated rings. The molecule has 0 aliphatic heterocycles.